The van der Waals surface area contributed by atoms with Crippen LogP contribution in [0.4, 0.5) is 0 Å². The fourth-order valence-electron chi connectivity index (χ4n) is 3.62. The molecule has 0 spiro atoms. The fourth-order valence-corrected chi connectivity index (χ4v) is 3.62. The Kier molecular flexibility index (Phi) is 9.12. The van der Waals surface area contributed by atoms with E-state index in [4.69, 9.17) is 13.6 Å². The van der Waals surface area contributed by atoms with Crippen LogP contribution in [0.2, 0.25) is 0 Å². The van der Waals surface area contributed by atoms with Gasteiger partial charge in [-0.1, -0.05) is 18.2 Å². The first kappa shape index (κ1) is 24.3. The molecule has 0 bridgehead atoms. The Balaban J connectivity index is 0.00000289. The molecule has 1 unspecified atom stereocenters. The number of nitrogens with zero attached hydrogens (tertiary/aromatic N) is 3. The summed E-state index contributed by atoms with van der Waals surface area (Å²) in [6.45, 7) is 6.37. The zero-order valence-electron chi connectivity index (χ0n) is 18.4. The molecular weight excluding hydrogens is 521 g/mol. The number of rotatable bonds is 7. The molecule has 8 nitrogen and oxygen atoms in total. The van der Waals surface area contributed by atoms with Gasteiger partial charge < -0.3 is 24.2 Å². The zero-order chi connectivity index (χ0) is 21.5. The first-order chi connectivity index (χ1) is 15.2. The first-order valence-corrected chi connectivity index (χ1v) is 10.6. The molecule has 1 aliphatic rings. The van der Waals surface area contributed by atoms with Crippen LogP contribution in [-0.2, 0) is 11.3 Å². The van der Waals surface area contributed by atoms with Crippen LogP contribution in [0.1, 0.15) is 23.3 Å². The minimum atomic E-state index is 0. The van der Waals surface area contributed by atoms with Gasteiger partial charge in [0.1, 0.15) is 17.8 Å². The molecule has 4 rings (SSSR count). The summed E-state index contributed by atoms with van der Waals surface area (Å²) in [4.78, 5) is 11.3. The van der Waals surface area contributed by atoms with Crippen LogP contribution in [0.15, 0.2) is 62.6 Å². The minimum absolute atomic E-state index is 0. The summed E-state index contributed by atoms with van der Waals surface area (Å²) in [5.41, 5.74) is 1.77. The molecule has 1 saturated heterocycles. The van der Waals surface area contributed by atoms with Gasteiger partial charge in [-0.05, 0) is 31.2 Å². The summed E-state index contributed by atoms with van der Waals surface area (Å²) in [5, 5.41) is 6.73. The molecule has 0 saturated carbocycles. The highest BCUT2D eigenvalue weighted by atomic mass is 127. The third-order valence-electron chi connectivity index (χ3n) is 5.27. The highest BCUT2D eigenvalue weighted by Gasteiger charge is 2.25. The van der Waals surface area contributed by atoms with E-state index in [0.29, 0.717) is 24.9 Å². The third kappa shape index (κ3) is 6.33. The fraction of sp³-hybridized carbons (Fsp3) is 0.391. The van der Waals surface area contributed by atoms with Gasteiger partial charge in [0.25, 0.3) is 0 Å². The summed E-state index contributed by atoms with van der Waals surface area (Å²) < 4.78 is 17.1. The number of aliphatic imine (C=N–C) groups is 1. The minimum Gasteiger partial charge on any atom is -0.465 e. The monoisotopic (exact) mass is 551 g/mol. The molecule has 1 atom stereocenters. The second kappa shape index (κ2) is 12.0. The van der Waals surface area contributed by atoms with Crippen LogP contribution in [-0.4, -0.2) is 55.7 Å². The molecule has 0 radical (unpaired) electrons. The summed E-state index contributed by atoms with van der Waals surface area (Å²) in [6, 6.07) is 14.0. The van der Waals surface area contributed by atoms with Crippen LogP contribution in [0.3, 0.4) is 0 Å². The maximum Gasteiger partial charge on any atom is 0.226 e. The van der Waals surface area contributed by atoms with Crippen molar-refractivity contribution in [2.75, 3.05) is 39.9 Å². The largest absolute Gasteiger partial charge is 0.465 e. The van der Waals surface area contributed by atoms with Crippen molar-refractivity contribution >= 4 is 29.9 Å². The molecule has 9 heteroatoms. The standard InChI is InChI=1S/C23H29N5O3.HI/c1-17-8-9-21(31-17)20(28-10-12-29-13-11-28)15-26-23(24-2)25-14-19-16-30-22(27-19)18-6-4-3-5-7-18;/h3-9,16,20H,10-15H2,1-2H3,(H2,24,25,26);1H. The molecule has 32 heavy (non-hydrogen) atoms. The molecule has 3 aromatic rings. The molecule has 1 aliphatic heterocycles. The topological polar surface area (TPSA) is 88.1 Å². The average molecular weight is 551 g/mol. The predicted octanol–water partition coefficient (Wildman–Crippen LogP) is 3.60. The van der Waals surface area contributed by atoms with Gasteiger partial charge in [0.05, 0.1) is 31.5 Å². The van der Waals surface area contributed by atoms with Crippen molar-refractivity contribution in [2.24, 2.45) is 4.99 Å². The van der Waals surface area contributed by atoms with Crippen molar-refractivity contribution in [1.82, 2.24) is 20.5 Å². The molecule has 1 fully saturated rings. The Morgan fingerprint density at radius 2 is 1.91 bits per heavy atom. The van der Waals surface area contributed by atoms with Crippen LogP contribution in [0, 0.1) is 6.92 Å². The van der Waals surface area contributed by atoms with Crippen molar-refractivity contribution in [3.8, 4) is 11.5 Å². The number of furan rings is 1. The van der Waals surface area contributed by atoms with Crippen molar-refractivity contribution in [1.29, 1.82) is 0 Å². The van der Waals surface area contributed by atoms with Gasteiger partial charge in [-0.3, -0.25) is 9.89 Å². The van der Waals surface area contributed by atoms with Gasteiger partial charge in [-0.2, -0.15) is 0 Å². The number of aromatic nitrogens is 1. The first-order valence-electron chi connectivity index (χ1n) is 10.6. The quantitative estimate of drug-likeness (QED) is 0.264. The van der Waals surface area contributed by atoms with Crippen LogP contribution >= 0.6 is 24.0 Å². The van der Waals surface area contributed by atoms with Crippen molar-refractivity contribution in [3.05, 3.63) is 65.9 Å². The number of oxazole rings is 1. The second-order valence-electron chi connectivity index (χ2n) is 7.43. The molecule has 0 aliphatic carbocycles. The number of hydrogen-bond donors (Lipinski definition) is 2. The number of benzene rings is 1. The van der Waals surface area contributed by atoms with E-state index in [2.05, 4.69) is 25.5 Å². The lowest BCUT2D eigenvalue weighted by Crippen LogP contribution is -2.46. The van der Waals surface area contributed by atoms with E-state index >= 15 is 0 Å². The van der Waals surface area contributed by atoms with Crippen molar-refractivity contribution in [3.63, 3.8) is 0 Å². The number of hydrogen-bond acceptors (Lipinski definition) is 6. The van der Waals surface area contributed by atoms with Crippen molar-refractivity contribution in [2.45, 2.75) is 19.5 Å². The van der Waals surface area contributed by atoms with E-state index in [1.165, 1.54) is 0 Å². The molecule has 2 N–H and O–H groups in total. The maximum absolute atomic E-state index is 5.93. The highest BCUT2D eigenvalue weighted by molar-refractivity contribution is 14.0. The molecule has 3 heterocycles. The number of guanidine groups is 1. The second-order valence-corrected chi connectivity index (χ2v) is 7.43. The highest BCUT2D eigenvalue weighted by Crippen LogP contribution is 2.23. The van der Waals surface area contributed by atoms with Gasteiger partial charge in [-0.15, -0.1) is 24.0 Å². The summed E-state index contributed by atoms with van der Waals surface area (Å²) in [7, 11) is 1.76. The summed E-state index contributed by atoms with van der Waals surface area (Å²) in [6.07, 6.45) is 1.67. The molecule has 172 valence electrons. The molecule has 1 aromatic carbocycles. The van der Waals surface area contributed by atoms with Gasteiger partial charge in [0.2, 0.25) is 5.89 Å². The van der Waals surface area contributed by atoms with Crippen LogP contribution in [0.25, 0.3) is 11.5 Å². The number of ether oxygens (including phenoxy) is 1. The Morgan fingerprint density at radius 1 is 1.12 bits per heavy atom. The van der Waals surface area contributed by atoms with Gasteiger partial charge in [0, 0.05) is 32.2 Å². The molecular formula is C23H30IN5O3. The van der Waals surface area contributed by atoms with E-state index in [9.17, 15) is 0 Å². The third-order valence-corrected chi connectivity index (χ3v) is 5.27. The molecule has 2 aromatic heterocycles. The number of morpholine rings is 1. The summed E-state index contributed by atoms with van der Waals surface area (Å²) in [5.74, 6) is 3.18. The lowest BCUT2D eigenvalue weighted by atomic mass is 10.1. The van der Waals surface area contributed by atoms with Gasteiger partial charge in [-0.25, -0.2) is 4.98 Å². The Hall–Kier alpha value is -2.37. The Labute approximate surface area is 205 Å². The Morgan fingerprint density at radius 3 is 2.59 bits per heavy atom. The van der Waals surface area contributed by atoms with E-state index in [1.807, 2.05) is 49.4 Å². The predicted molar refractivity (Wildman–Crippen MR) is 134 cm³/mol. The molecule has 0 amide bonds. The maximum atomic E-state index is 5.93. The lowest BCUT2D eigenvalue weighted by molar-refractivity contribution is 0.0124. The normalized spacial score (nSPS) is 15.8. The SMILES string of the molecule is CN=C(NCc1coc(-c2ccccc2)n1)NCC(c1ccc(C)o1)N1CCOCC1.I. The van der Waals surface area contributed by atoms with Crippen LogP contribution in [0.5, 0.6) is 0 Å². The number of nitrogens with one attached hydrogen (secondary N) is 2. The smallest absolute Gasteiger partial charge is 0.226 e. The van der Waals surface area contributed by atoms with E-state index in [0.717, 1.165) is 49.1 Å². The van der Waals surface area contributed by atoms with Crippen LogP contribution < -0.4 is 10.6 Å². The zero-order valence-corrected chi connectivity index (χ0v) is 20.7. The van der Waals surface area contributed by atoms with Gasteiger partial charge >= 0.3 is 0 Å². The van der Waals surface area contributed by atoms with E-state index in [1.54, 1.807) is 13.3 Å². The van der Waals surface area contributed by atoms with E-state index < -0.39 is 0 Å². The number of aryl methyl sites for hydroxylation is 1. The van der Waals surface area contributed by atoms with Gasteiger partial charge in [0.15, 0.2) is 5.96 Å². The summed E-state index contributed by atoms with van der Waals surface area (Å²) >= 11 is 0. The lowest BCUT2D eigenvalue weighted by Gasteiger charge is -2.33. The number of halogens is 1. The van der Waals surface area contributed by atoms with Crippen molar-refractivity contribution < 1.29 is 13.6 Å². The average Bonchev–Trinajstić information content (AvgIpc) is 3.47. The Bertz CT molecular complexity index is 982. The van der Waals surface area contributed by atoms with E-state index in [-0.39, 0.29) is 30.0 Å².